The van der Waals surface area contributed by atoms with E-state index in [9.17, 15) is 13.2 Å². The van der Waals surface area contributed by atoms with Crippen molar-refractivity contribution in [3.63, 3.8) is 0 Å². The molecule has 1 aromatic heterocycles. The fourth-order valence-corrected chi connectivity index (χ4v) is 5.68. The van der Waals surface area contributed by atoms with Crippen LogP contribution in [0.5, 0.6) is 0 Å². The zero-order valence-electron chi connectivity index (χ0n) is 13.8. The van der Waals surface area contributed by atoms with Crippen LogP contribution in [0.25, 0.3) is 0 Å². The van der Waals surface area contributed by atoms with Crippen molar-refractivity contribution in [3.05, 3.63) is 24.5 Å². The highest BCUT2D eigenvalue weighted by Crippen LogP contribution is 2.38. The number of nitrogens with zero attached hydrogens (tertiary/aromatic N) is 4. The topological polar surface area (TPSA) is 73.8 Å². The van der Waals surface area contributed by atoms with Crippen LogP contribution in [0, 0.1) is 0 Å². The van der Waals surface area contributed by atoms with Gasteiger partial charge in [-0.15, -0.1) is 0 Å². The van der Waals surface area contributed by atoms with Crippen LogP contribution in [0.1, 0.15) is 19.3 Å². The molecule has 4 rings (SSSR count). The predicted octanol–water partition coefficient (Wildman–Crippen LogP) is 0.297. The van der Waals surface area contributed by atoms with Gasteiger partial charge in [-0.25, -0.2) is 8.42 Å². The van der Waals surface area contributed by atoms with E-state index in [2.05, 4.69) is 4.98 Å². The van der Waals surface area contributed by atoms with Crippen molar-refractivity contribution in [1.82, 2.24) is 14.2 Å². The zero-order valence-corrected chi connectivity index (χ0v) is 14.6. The summed E-state index contributed by atoms with van der Waals surface area (Å²) in [5.74, 6) is 0.0274. The number of hydrogen-bond donors (Lipinski definition) is 0. The Labute approximate surface area is 142 Å². The summed E-state index contributed by atoms with van der Waals surface area (Å²) in [5, 5.41) is -0.183. The van der Waals surface area contributed by atoms with Crippen LogP contribution in [-0.4, -0.2) is 72.5 Å². The number of aromatic nitrogens is 1. The Bertz CT molecular complexity index is 750. The second-order valence-corrected chi connectivity index (χ2v) is 9.31. The van der Waals surface area contributed by atoms with Crippen LogP contribution >= 0.6 is 0 Å². The molecule has 3 fully saturated rings. The summed E-state index contributed by atoms with van der Waals surface area (Å²) in [6.07, 6.45) is 5.67. The van der Waals surface area contributed by atoms with Crippen molar-refractivity contribution >= 4 is 21.6 Å². The largest absolute Gasteiger partial charge is 0.308 e. The van der Waals surface area contributed by atoms with E-state index in [0.717, 1.165) is 24.9 Å². The molecule has 3 heterocycles. The van der Waals surface area contributed by atoms with Crippen LogP contribution in [0.4, 0.5) is 5.69 Å². The molecule has 0 bridgehead atoms. The second-order valence-electron chi connectivity index (χ2n) is 7.10. The van der Waals surface area contributed by atoms with Gasteiger partial charge in [0, 0.05) is 25.8 Å². The van der Waals surface area contributed by atoms with E-state index in [1.165, 1.54) is 0 Å². The third-order valence-corrected chi connectivity index (χ3v) is 7.84. The second kappa shape index (κ2) is 5.50. The summed E-state index contributed by atoms with van der Waals surface area (Å²) >= 11 is 0. The average Bonchev–Trinajstić information content (AvgIpc) is 3.34. The van der Waals surface area contributed by atoms with Crippen LogP contribution in [0.3, 0.4) is 0 Å². The van der Waals surface area contributed by atoms with Gasteiger partial charge in [-0.2, -0.15) is 4.31 Å². The van der Waals surface area contributed by atoms with Crippen molar-refractivity contribution in [2.75, 3.05) is 38.1 Å². The maximum Gasteiger partial charge on any atom is 0.241 e. The lowest BCUT2D eigenvalue weighted by Gasteiger charge is -2.46. The number of likely N-dealkylation sites (N-methyl/N-ethyl adjacent to an activating group) is 1. The number of amides is 1. The molecule has 2 saturated heterocycles. The zero-order chi connectivity index (χ0) is 16.9. The molecule has 0 aromatic carbocycles. The van der Waals surface area contributed by atoms with E-state index < -0.39 is 10.0 Å². The molecule has 1 atom stereocenters. The minimum absolute atomic E-state index is 0.0274. The van der Waals surface area contributed by atoms with Crippen LogP contribution < -0.4 is 4.90 Å². The Morgan fingerprint density at radius 2 is 2.08 bits per heavy atom. The molecule has 1 spiro atoms. The summed E-state index contributed by atoms with van der Waals surface area (Å²) in [4.78, 5) is 20.3. The molecule has 0 radical (unpaired) electrons. The molecule has 2 aliphatic heterocycles. The Balaban J connectivity index is 1.59. The fourth-order valence-electron chi connectivity index (χ4n) is 3.76. The van der Waals surface area contributed by atoms with E-state index in [4.69, 9.17) is 0 Å². The van der Waals surface area contributed by atoms with E-state index in [0.29, 0.717) is 26.2 Å². The van der Waals surface area contributed by atoms with Crippen molar-refractivity contribution in [1.29, 1.82) is 0 Å². The summed E-state index contributed by atoms with van der Waals surface area (Å²) in [6, 6.07) is 3.68. The lowest BCUT2D eigenvalue weighted by Crippen LogP contribution is -2.64. The first-order valence-electron chi connectivity index (χ1n) is 8.33. The minimum atomic E-state index is -3.17. The maximum absolute atomic E-state index is 12.6. The number of sulfonamides is 1. The molecular formula is C16H22N4O3S. The quantitative estimate of drug-likeness (QED) is 0.784. The van der Waals surface area contributed by atoms with E-state index in [1.54, 1.807) is 21.6 Å². The molecule has 1 saturated carbocycles. The Kier molecular flexibility index (Phi) is 3.67. The van der Waals surface area contributed by atoms with Gasteiger partial charge >= 0.3 is 0 Å². The van der Waals surface area contributed by atoms with Crippen molar-refractivity contribution < 1.29 is 13.2 Å². The van der Waals surface area contributed by atoms with Gasteiger partial charge in [0.1, 0.15) is 0 Å². The first kappa shape index (κ1) is 16.0. The number of piperazine rings is 1. The highest BCUT2D eigenvalue weighted by atomic mass is 32.2. The molecule has 0 unspecified atom stereocenters. The molecule has 7 nitrogen and oxygen atoms in total. The van der Waals surface area contributed by atoms with E-state index in [-0.39, 0.29) is 16.7 Å². The Morgan fingerprint density at radius 1 is 1.29 bits per heavy atom. The molecular weight excluding hydrogens is 328 g/mol. The van der Waals surface area contributed by atoms with Gasteiger partial charge in [-0.3, -0.25) is 14.7 Å². The fraction of sp³-hybridized carbons (Fsp3) is 0.625. The minimum Gasteiger partial charge on any atom is -0.308 e. The highest BCUT2D eigenvalue weighted by Gasteiger charge is 2.52. The molecule has 0 N–H and O–H groups in total. The van der Waals surface area contributed by atoms with Crippen LogP contribution in [0.15, 0.2) is 24.5 Å². The first-order chi connectivity index (χ1) is 11.4. The van der Waals surface area contributed by atoms with E-state index >= 15 is 0 Å². The number of hydrogen-bond acceptors (Lipinski definition) is 5. The summed E-state index contributed by atoms with van der Waals surface area (Å²) in [7, 11) is -1.25. The Morgan fingerprint density at radius 3 is 2.75 bits per heavy atom. The predicted molar refractivity (Wildman–Crippen MR) is 90.1 cm³/mol. The van der Waals surface area contributed by atoms with E-state index in [1.807, 2.05) is 24.1 Å². The average molecular weight is 350 g/mol. The number of carbonyl (C=O) groups is 1. The van der Waals surface area contributed by atoms with Crippen molar-refractivity contribution in [2.24, 2.45) is 0 Å². The third-order valence-electron chi connectivity index (χ3n) is 5.50. The molecule has 3 aliphatic rings. The summed E-state index contributed by atoms with van der Waals surface area (Å²) in [6.45, 7) is 1.81. The molecule has 1 aromatic rings. The molecule has 1 amide bonds. The lowest BCUT2D eigenvalue weighted by atomic mass is 9.93. The van der Waals surface area contributed by atoms with Gasteiger partial charge in [0.2, 0.25) is 15.9 Å². The smallest absolute Gasteiger partial charge is 0.241 e. The number of anilines is 1. The summed E-state index contributed by atoms with van der Waals surface area (Å²) in [5.41, 5.74) is 0.463. The van der Waals surface area contributed by atoms with Gasteiger partial charge in [0.05, 0.1) is 29.2 Å². The molecule has 130 valence electrons. The van der Waals surface area contributed by atoms with Crippen molar-refractivity contribution in [2.45, 2.75) is 30.1 Å². The van der Waals surface area contributed by atoms with Gasteiger partial charge in [0.15, 0.2) is 0 Å². The van der Waals surface area contributed by atoms with Gasteiger partial charge in [-0.1, -0.05) is 0 Å². The standard InChI is InChI=1S/C16H22N4O3S/c1-18-10-15(21)20(13-3-2-7-17-9-13)12-16(18)6-8-19(11-16)24(22,23)14-4-5-14/h2-3,7,9,14H,4-6,8,10-12H2,1H3/t16-/m1/s1. The first-order valence-corrected chi connectivity index (χ1v) is 9.83. The highest BCUT2D eigenvalue weighted by molar-refractivity contribution is 7.90. The monoisotopic (exact) mass is 350 g/mol. The van der Waals surface area contributed by atoms with Crippen LogP contribution in [-0.2, 0) is 14.8 Å². The molecule has 8 heteroatoms. The Hall–Kier alpha value is -1.51. The van der Waals surface area contributed by atoms with Crippen LogP contribution in [0.2, 0.25) is 0 Å². The van der Waals surface area contributed by atoms with Gasteiger partial charge in [0.25, 0.3) is 0 Å². The normalized spacial score (nSPS) is 29.5. The number of pyridine rings is 1. The molecule has 24 heavy (non-hydrogen) atoms. The maximum atomic E-state index is 12.6. The van der Waals surface area contributed by atoms with Crippen molar-refractivity contribution in [3.8, 4) is 0 Å². The SMILES string of the molecule is CN1CC(=O)N(c2cccnc2)C[C@]12CCN(S(=O)(=O)C1CC1)C2. The molecule has 1 aliphatic carbocycles. The number of rotatable bonds is 3. The summed E-state index contributed by atoms with van der Waals surface area (Å²) < 4.78 is 26.8. The van der Waals surface area contributed by atoms with Gasteiger partial charge < -0.3 is 4.90 Å². The number of carbonyl (C=O) groups excluding carboxylic acids is 1. The third kappa shape index (κ3) is 2.53. The lowest BCUT2D eigenvalue weighted by molar-refractivity contribution is -0.123. The van der Waals surface area contributed by atoms with Gasteiger partial charge in [-0.05, 0) is 38.4 Å².